The van der Waals surface area contributed by atoms with Crippen molar-refractivity contribution in [3.63, 3.8) is 0 Å². The third-order valence-corrected chi connectivity index (χ3v) is 7.92. The second-order valence-electron chi connectivity index (χ2n) is 8.95. The van der Waals surface area contributed by atoms with Crippen LogP contribution in [0.2, 0.25) is 0 Å². The number of benzene rings is 1. The second kappa shape index (κ2) is 10.6. The van der Waals surface area contributed by atoms with Crippen LogP contribution in [0.5, 0.6) is 0 Å². The smallest absolute Gasteiger partial charge is 0.337 e. The Bertz CT molecular complexity index is 1070. The van der Waals surface area contributed by atoms with E-state index in [9.17, 15) is 14.4 Å². The number of amides is 2. The maximum Gasteiger partial charge on any atom is 0.337 e. The highest BCUT2D eigenvalue weighted by molar-refractivity contribution is 7.17. The van der Waals surface area contributed by atoms with Gasteiger partial charge in [0.2, 0.25) is 5.91 Å². The minimum absolute atomic E-state index is 0.0888. The molecule has 1 unspecified atom stereocenters. The zero-order chi connectivity index (χ0) is 24.2. The van der Waals surface area contributed by atoms with Gasteiger partial charge in [-0.25, -0.2) is 4.79 Å². The maximum absolute atomic E-state index is 12.7. The van der Waals surface area contributed by atoms with E-state index in [1.165, 1.54) is 23.3 Å². The molecule has 0 radical (unpaired) electrons. The highest BCUT2D eigenvalue weighted by Gasteiger charge is 2.27. The monoisotopic (exact) mass is 484 g/mol. The van der Waals surface area contributed by atoms with Crippen LogP contribution in [0.1, 0.15) is 57.3 Å². The van der Waals surface area contributed by atoms with Gasteiger partial charge in [0.15, 0.2) is 0 Å². The first kappa shape index (κ1) is 24.2. The molecule has 0 saturated carbocycles. The quantitative estimate of drug-likeness (QED) is 0.586. The van der Waals surface area contributed by atoms with Gasteiger partial charge >= 0.3 is 5.97 Å². The number of thiophene rings is 1. The first-order valence-electron chi connectivity index (χ1n) is 11.8. The van der Waals surface area contributed by atoms with Crippen molar-refractivity contribution in [2.45, 2.75) is 45.1 Å². The third-order valence-electron chi connectivity index (χ3n) is 6.72. The number of ether oxygens (including phenoxy) is 1. The van der Waals surface area contributed by atoms with Crippen molar-refractivity contribution in [1.82, 2.24) is 4.90 Å². The molecule has 1 fully saturated rings. The molecular formula is C25H32N4O4S. The molecule has 1 aliphatic heterocycles. The van der Waals surface area contributed by atoms with Gasteiger partial charge in [0, 0.05) is 49.2 Å². The Morgan fingerprint density at radius 1 is 1.15 bits per heavy atom. The van der Waals surface area contributed by atoms with E-state index < -0.39 is 5.91 Å². The normalized spacial score (nSPS) is 18.3. The lowest BCUT2D eigenvalue weighted by Crippen LogP contribution is -2.52. The molecule has 2 heterocycles. The Morgan fingerprint density at radius 3 is 2.56 bits per heavy atom. The SMILES string of the molecule is COC(=O)c1ccc(N2CCN(CCC(=O)Nc3sc4c(c3C(N)=O)CCCC4)C(C)C2)cc1. The summed E-state index contributed by atoms with van der Waals surface area (Å²) in [7, 11) is 1.38. The number of anilines is 2. The number of hydrogen-bond acceptors (Lipinski definition) is 7. The Labute approximate surface area is 204 Å². The number of fused-ring (bicyclic) bond motifs is 1. The fraction of sp³-hybridized carbons (Fsp3) is 0.480. The summed E-state index contributed by atoms with van der Waals surface area (Å²) in [5, 5.41) is 3.57. The summed E-state index contributed by atoms with van der Waals surface area (Å²) >= 11 is 1.50. The Kier molecular flexibility index (Phi) is 7.53. The molecule has 4 rings (SSSR count). The van der Waals surface area contributed by atoms with Gasteiger partial charge in [-0.05, 0) is 62.4 Å². The molecular weight excluding hydrogens is 452 g/mol. The van der Waals surface area contributed by atoms with Crippen LogP contribution in [0, 0.1) is 0 Å². The Morgan fingerprint density at radius 2 is 1.88 bits per heavy atom. The topological polar surface area (TPSA) is 105 Å². The summed E-state index contributed by atoms with van der Waals surface area (Å²) in [4.78, 5) is 42.2. The van der Waals surface area contributed by atoms with Crippen molar-refractivity contribution < 1.29 is 19.1 Å². The fourth-order valence-corrected chi connectivity index (χ4v) is 6.15. The standard InChI is InChI=1S/C25H32N4O4S/c1-16-15-29(18-9-7-17(8-10-18)25(32)33-2)14-13-28(16)12-11-21(30)27-24-22(23(26)31)19-5-3-4-6-20(19)34-24/h7-10,16H,3-6,11-15H2,1-2H3,(H2,26,31)(H,27,30). The molecule has 3 N–H and O–H groups in total. The first-order valence-corrected chi connectivity index (χ1v) is 12.6. The first-order chi connectivity index (χ1) is 16.4. The third kappa shape index (κ3) is 5.26. The molecule has 1 aromatic heterocycles. The van der Waals surface area contributed by atoms with Gasteiger partial charge in [-0.2, -0.15) is 0 Å². The number of piperazine rings is 1. The van der Waals surface area contributed by atoms with E-state index in [4.69, 9.17) is 10.5 Å². The van der Waals surface area contributed by atoms with Crippen molar-refractivity contribution in [2.75, 3.05) is 43.5 Å². The molecule has 1 atom stereocenters. The van der Waals surface area contributed by atoms with Crippen molar-refractivity contribution in [2.24, 2.45) is 5.73 Å². The van der Waals surface area contributed by atoms with Gasteiger partial charge in [-0.3, -0.25) is 14.5 Å². The number of hydrogen-bond donors (Lipinski definition) is 2. The predicted octanol–water partition coefficient (Wildman–Crippen LogP) is 3.05. The molecule has 9 heteroatoms. The molecule has 0 spiro atoms. The molecule has 1 aliphatic carbocycles. The summed E-state index contributed by atoms with van der Waals surface area (Å²) in [6.07, 6.45) is 4.32. The molecule has 2 aromatic rings. The molecule has 1 saturated heterocycles. The van der Waals surface area contributed by atoms with Crippen molar-refractivity contribution in [3.8, 4) is 0 Å². The maximum atomic E-state index is 12.7. The largest absolute Gasteiger partial charge is 0.465 e. The second-order valence-corrected chi connectivity index (χ2v) is 10.1. The lowest BCUT2D eigenvalue weighted by Gasteiger charge is -2.41. The Balaban J connectivity index is 1.30. The van der Waals surface area contributed by atoms with Gasteiger partial charge in [0.25, 0.3) is 5.91 Å². The zero-order valence-electron chi connectivity index (χ0n) is 19.8. The molecule has 182 valence electrons. The van der Waals surface area contributed by atoms with E-state index in [-0.39, 0.29) is 17.9 Å². The highest BCUT2D eigenvalue weighted by Crippen LogP contribution is 2.38. The number of rotatable bonds is 7. The average molecular weight is 485 g/mol. The summed E-state index contributed by atoms with van der Waals surface area (Å²) < 4.78 is 4.76. The van der Waals surface area contributed by atoms with Gasteiger partial charge in [-0.15, -0.1) is 11.3 Å². The van der Waals surface area contributed by atoms with Crippen LogP contribution in [-0.4, -0.2) is 62.0 Å². The number of nitrogens with one attached hydrogen (secondary N) is 1. The van der Waals surface area contributed by atoms with E-state index >= 15 is 0 Å². The van der Waals surface area contributed by atoms with Crippen LogP contribution in [0.25, 0.3) is 0 Å². The molecule has 34 heavy (non-hydrogen) atoms. The lowest BCUT2D eigenvalue weighted by molar-refractivity contribution is -0.116. The summed E-state index contributed by atoms with van der Waals surface area (Å²) in [5.41, 5.74) is 8.78. The number of carbonyl (C=O) groups excluding carboxylic acids is 3. The Hall–Kier alpha value is -2.91. The number of aryl methyl sites for hydroxylation is 1. The predicted molar refractivity (Wildman–Crippen MR) is 134 cm³/mol. The van der Waals surface area contributed by atoms with E-state index in [1.54, 1.807) is 12.1 Å². The van der Waals surface area contributed by atoms with Gasteiger partial charge in [0.1, 0.15) is 5.00 Å². The van der Waals surface area contributed by atoms with E-state index in [2.05, 4.69) is 22.0 Å². The van der Waals surface area contributed by atoms with Crippen LogP contribution in [0.15, 0.2) is 24.3 Å². The summed E-state index contributed by atoms with van der Waals surface area (Å²) in [6.45, 7) is 5.33. The molecule has 8 nitrogen and oxygen atoms in total. The van der Waals surface area contributed by atoms with Crippen molar-refractivity contribution in [1.29, 1.82) is 0 Å². The lowest BCUT2D eigenvalue weighted by atomic mass is 9.95. The van der Waals surface area contributed by atoms with Gasteiger partial charge in [-0.1, -0.05) is 0 Å². The van der Waals surface area contributed by atoms with Crippen LogP contribution in [0.4, 0.5) is 10.7 Å². The molecule has 1 aromatic carbocycles. The van der Waals surface area contributed by atoms with E-state index in [0.29, 0.717) is 29.1 Å². The molecule has 2 aliphatic rings. The van der Waals surface area contributed by atoms with Gasteiger partial charge < -0.3 is 20.7 Å². The summed E-state index contributed by atoms with van der Waals surface area (Å²) in [6, 6.07) is 7.73. The van der Waals surface area contributed by atoms with Crippen molar-refractivity contribution >= 4 is 39.8 Å². The fourth-order valence-electron chi connectivity index (χ4n) is 4.84. The van der Waals surface area contributed by atoms with Crippen LogP contribution in [-0.2, 0) is 22.4 Å². The zero-order valence-corrected chi connectivity index (χ0v) is 20.6. The van der Waals surface area contributed by atoms with Crippen LogP contribution < -0.4 is 16.0 Å². The number of nitrogens with zero attached hydrogens (tertiary/aromatic N) is 2. The van der Waals surface area contributed by atoms with E-state index in [0.717, 1.165) is 56.6 Å². The van der Waals surface area contributed by atoms with E-state index in [1.807, 2.05) is 12.1 Å². The molecule has 2 amide bonds. The minimum Gasteiger partial charge on any atom is -0.465 e. The highest BCUT2D eigenvalue weighted by atomic mass is 32.1. The van der Waals surface area contributed by atoms with Crippen LogP contribution >= 0.6 is 11.3 Å². The summed E-state index contributed by atoms with van der Waals surface area (Å²) in [5.74, 6) is -0.887. The average Bonchev–Trinajstić information content (AvgIpc) is 3.20. The number of esters is 1. The number of methoxy groups -OCH3 is 1. The number of carbonyl (C=O) groups is 3. The number of primary amides is 1. The molecule has 0 bridgehead atoms. The van der Waals surface area contributed by atoms with Crippen LogP contribution in [0.3, 0.4) is 0 Å². The number of nitrogens with two attached hydrogens (primary N) is 1. The van der Waals surface area contributed by atoms with Gasteiger partial charge in [0.05, 0.1) is 18.2 Å². The van der Waals surface area contributed by atoms with Crippen molar-refractivity contribution in [3.05, 3.63) is 45.8 Å². The minimum atomic E-state index is -0.459.